The van der Waals surface area contributed by atoms with E-state index in [4.69, 9.17) is 0 Å². The van der Waals surface area contributed by atoms with Gasteiger partial charge in [0.15, 0.2) is 0 Å². The van der Waals surface area contributed by atoms with E-state index < -0.39 is 0 Å². The number of nitrogens with one attached hydrogen (secondary N) is 2. The van der Waals surface area contributed by atoms with Gasteiger partial charge in [-0.05, 0) is 73.1 Å². The van der Waals surface area contributed by atoms with Crippen LogP contribution in [0.4, 0.5) is 0 Å². The van der Waals surface area contributed by atoms with E-state index >= 15 is 0 Å². The lowest BCUT2D eigenvalue weighted by Crippen LogP contribution is -2.59. The van der Waals surface area contributed by atoms with Gasteiger partial charge in [-0.15, -0.1) is 0 Å². The summed E-state index contributed by atoms with van der Waals surface area (Å²) in [6.45, 7) is 3.02. The third kappa shape index (κ3) is 2.63. The monoisotopic (exact) mass is 336 g/mol. The van der Waals surface area contributed by atoms with Crippen LogP contribution in [0.2, 0.25) is 0 Å². The van der Waals surface area contributed by atoms with Crippen LogP contribution in [0.5, 0.6) is 0 Å². The maximum Gasteiger partial charge on any atom is 0.252 e. The van der Waals surface area contributed by atoms with Crippen molar-refractivity contribution in [2.75, 3.05) is 6.54 Å². The highest BCUT2D eigenvalue weighted by Crippen LogP contribution is 2.38. The van der Waals surface area contributed by atoms with Gasteiger partial charge >= 0.3 is 0 Å². The Hall–Kier alpha value is -0.870. The van der Waals surface area contributed by atoms with Crippen LogP contribution in [0.25, 0.3) is 0 Å². The molecule has 2 N–H and O–H groups in total. The fourth-order valence-corrected chi connectivity index (χ4v) is 3.80. The molecular formula is C16H21BrN2O. The average Bonchev–Trinajstić information content (AvgIpc) is 2.40. The highest BCUT2D eigenvalue weighted by atomic mass is 79.9. The molecule has 1 atom stereocenters. The van der Waals surface area contributed by atoms with Crippen LogP contribution in [0, 0.1) is 6.92 Å². The predicted octanol–water partition coefficient (Wildman–Crippen LogP) is 3.16. The smallest absolute Gasteiger partial charge is 0.252 e. The minimum Gasteiger partial charge on any atom is -0.349 e. The quantitative estimate of drug-likeness (QED) is 0.870. The molecule has 2 fully saturated rings. The van der Waals surface area contributed by atoms with Crippen LogP contribution in [0.1, 0.15) is 48.0 Å². The highest BCUT2D eigenvalue weighted by molar-refractivity contribution is 9.10. The summed E-state index contributed by atoms with van der Waals surface area (Å²) in [7, 11) is 0. The van der Waals surface area contributed by atoms with Crippen molar-refractivity contribution >= 4 is 21.8 Å². The Morgan fingerprint density at radius 1 is 1.45 bits per heavy atom. The first-order chi connectivity index (χ1) is 9.60. The largest absolute Gasteiger partial charge is 0.349 e. The van der Waals surface area contributed by atoms with Crippen molar-refractivity contribution in [3.05, 3.63) is 33.8 Å². The maximum atomic E-state index is 12.4. The van der Waals surface area contributed by atoms with E-state index in [1.54, 1.807) is 0 Å². The van der Waals surface area contributed by atoms with Crippen molar-refractivity contribution in [3.8, 4) is 0 Å². The summed E-state index contributed by atoms with van der Waals surface area (Å²) in [5.74, 6) is 0.0435. The molecule has 0 bridgehead atoms. The lowest BCUT2D eigenvalue weighted by molar-refractivity contribution is 0.0852. The van der Waals surface area contributed by atoms with Gasteiger partial charge < -0.3 is 10.6 Å². The van der Waals surface area contributed by atoms with E-state index in [2.05, 4.69) is 26.6 Å². The first-order valence-corrected chi connectivity index (χ1v) is 8.20. The summed E-state index contributed by atoms with van der Waals surface area (Å²) in [6.07, 6.45) is 5.93. The number of carbonyl (C=O) groups is 1. The van der Waals surface area contributed by atoms with Crippen molar-refractivity contribution in [1.82, 2.24) is 10.6 Å². The molecule has 3 rings (SSSR count). The van der Waals surface area contributed by atoms with Crippen molar-refractivity contribution in [2.24, 2.45) is 0 Å². The molecule has 1 aromatic carbocycles. The van der Waals surface area contributed by atoms with Crippen molar-refractivity contribution in [2.45, 2.75) is 50.6 Å². The Morgan fingerprint density at radius 3 is 2.95 bits per heavy atom. The fourth-order valence-electron chi connectivity index (χ4n) is 3.35. The zero-order valence-electron chi connectivity index (χ0n) is 11.8. The predicted molar refractivity (Wildman–Crippen MR) is 84.0 cm³/mol. The van der Waals surface area contributed by atoms with Crippen LogP contribution in [-0.2, 0) is 0 Å². The fraction of sp³-hybridized carbons (Fsp3) is 0.562. The molecule has 1 spiro atoms. The molecular weight excluding hydrogens is 316 g/mol. The number of hydrogen-bond donors (Lipinski definition) is 2. The normalized spacial score (nSPS) is 24.2. The van der Waals surface area contributed by atoms with Gasteiger partial charge in [-0.3, -0.25) is 4.79 Å². The van der Waals surface area contributed by atoms with Crippen molar-refractivity contribution < 1.29 is 4.79 Å². The highest BCUT2D eigenvalue weighted by Gasteiger charge is 2.41. The number of piperidine rings is 1. The molecule has 3 nitrogen and oxygen atoms in total. The Kier molecular flexibility index (Phi) is 3.87. The van der Waals surface area contributed by atoms with Crippen LogP contribution in [0.3, 0.4) is 0 Å². The molecule has 1 aromatic rings. The van der Waals surface area contributed by atoms with Gasteiger partial charge in [-0.1, -0.05) is 12.1 Å². The molecule has 1 unspecified atom stereocenters. The summed E-state index contributed by atoms with van der Waals surface area (Å²) in [5.41, 5.74) is 2.16. The molecule has 2 aliphatic rings. The van der Waals surface area contributed by atoms with Gasteiger partial charge in [0.05, 0.1) is 5.56 Å². The molecule has 1 heterocycles. The Bertz CT molecular complexity index is 525. The molecule has 1 aliphatic carbocycles. The van der Waals surface area contributed by atoms with E-state index in [1.165, 1.54) is 19.3 Å². The maximum absolute atomic E-state index is 12.4. The number of hydrogen-bond acceptors (Lipinski definition) is 2. The second-order valence-electron chi connectivity index (χ2n) is 6.16. The minimum absolute atomic E-state index is 0.0435. The summed E-state index contributed by atoms with van der Waals surface area (Å²) in [5, 5.41) is 6.85. The molecule has 1 saturated heterocycles. The van der Waals surface area contributed by atoms with Gasteiger partial charge in [-0.25, -0.2) is 0 Å². The van der Waals surface area contributed by atoms with Crippen LogP contribution >= 0.6 is 15.9 Å². The van der Waals surface area contributed by atoms with E-state index in [-0.39, 0.29) is 5.91 Å². The molecule has 1 aliphatic heterocycles. The van der Waals surface area contributed by atoms with Gasteiger partial charge in [0.1, 0.15) is 0 Å². The van der Waals surface area contributed by atoms with Gasteiger partial charge in [0, 0.05) is 16.1 Å². The lowest BCUT2D eigenvalue weighted by atomic mass is 9.70. The standard InChI is InChI=1S/C16H21BrN2O/c1-11-4-2-5-13(14(11)17)15(20)19-12-6-9-18-16(10-12)7-3-8-16/h2,4-5,12,18H,3,6-10H2,1H3,(H,19,20). The third-order valence-corrected chi connectivity index (χ3v) is 5.76. The SMILES string of the molecule is Cc1cccc(C(=O)NC2CCNC3(CCC3)C2)c1Br. The summed E-state index contributed by atoms with van der Waals surface area (Å²) < 4.78 is 0.907. The van der Waals surface area contributed by atoms with Crippen molar-refractivity contribution in [3.63, 3.8) is 0 Å². The minimum atomic E-state index is 0.0435. The van der Waals surface area contributed by atoms with Gasteiger partial charge in [-0.2, -0.15) is 0 Å². The molecule has 1 saturated carbocycles. The summed E-state index contributed by atoms with van der Waals surface area (Å²) in [6, 6.07) is 6.13. The van der Waals surface area contributed by atoms with E-state index in [0.29, 0.717) is 11.6 Å². The Labute approximate surface area is 128 Å². The van der Waals surface area contributed by atoms with Gasteiger partial charge in [0.2, 0.25) is 0 Å². The first-order valence-electron chi connectivity index (χ1n) is 7.41. The summed E-state index contributed by atoms with van der Waals surface area (Å²) >= 11 is 3.52. The van der Waals surface area contributed by atoms with Crippen LogP contribution in [0.15, 0.2) is 22.7 Å². The molecule has 20 heavy (non-hydrogen) atoms. The van der Waals surface area contributed by atoms with E-state index in [1.807, 2.05) is 25.1 Å². The zero-order valence-corrected chi connectivity index (χ0v) is 13.4. The molecule has 0 aromatic heterocycles. The second-order valence-corrected chi connectivity index (χ2v) is 6.95. The third-order valence-electron chi connectivity index (χ3n) is 4.71. The summed E-state index contributed by atoms with van der Waals surface area (Å²) in [4.78, 5) is 12.4. The van der Waals surface area contributed by atoms with E-state index in [9.17, 15) is 4.79 Å². The number of benzene rings is 1. The lowest BCUT2D eigenvalue weighted by Gasteiger charge is -2.48. The molecule has 0 radical (unpaired) electrons. The first kappa shape index (κ1) is 14.1. The average molecular weight is 337 g/mol. The van der Waals surface area contributed by atoms with Crippen molar-refractivity contribution in [1.29, 1.82) is 0 Å². The van der Waals surface area contributed by atoms with Crippen LogP contribution < -0.4 is 10.6 Å². The number of amides is 1. The number of aryl methyl sites for hydroxylation is 1. The molecule has 1 amide bonds. The number of carbonyl (C=O) groups excluding carboxylic acids is 1. The van der Waals surface area contributed by atoms with E-state index in [0.717, 1.165) is 35.0 Å². The van der Waals surface area contributed by atoms with Gasteiger partial charge in [0.25, 0.3) is 5.91 Å². The topological polar surface area (TPSA) is 41.1 Å². The molecule has 108 valence electrons. The van der Waals surface area contributed by atoms with Crippen LogP contribution in [-0.4, -0.2) is 24.0 Å². The Balaban J connectivity index is 1.68. The molecule has 4 heteroatoms. The zero-order chi connectivity index (χ0) is 14.2. The Morgan fingerprint density at radius 2 is 2.25 bits per heavy atom. The number of halogens is 1. The number of rotatable bonds is 2. The second kappa shape index (κ2) is 5.49.